The third-order valence-corrected chi connectivity index (χ3v) is 4.43. The van der Waals surface area contributed by atoms with Gasteiger partial charge in [-0.05, 0) is 38.3 Å². The average molecular weight is 381 g/mol. The zero-order chi connectivity index (χ0) is 19.9. The number of pyridine rings is 1. The van der Waals surface area contributed by atoms with Crippen molar-refractivity contribution >= 4 is 22.7 Å². The Morgan fingerprint density at radius 3 is 2.75 bits per heavy atom. The summed E-state index contributed by atoms with van der Waals surface area (Å²) in [6, 6.07) is 8.06. The Morgan fingerprint density at radius 2 is 2.07 bits per heavy atom. The van der Waals surface area contributed by atoms with E-state index in [0.717, 1.165) is 22.2 Å². The summed E-state index contributed by atoms with van der Waals surface area (Å²) < 4.78 is 10.5. The van der Waals surface area contributed by atoms with Gasteiger partial charge in [-0.2, -0.15) is 4.98 Å². The van der Waals surface area contributed by atoms with Gasteiger partial charge in [-0.25, -0.2) is 9.78 Å². The number of ether oxygens (including phenoxy) is 1. The van der Waals surface area contributed by atoms with E-state index in [0.29, 0.717) is 24.8 Å². The standard InChI is InChI=1S/C20H23N5O3/c1-12-22-17(24-28-12)14-6-5-13-7-8-21-18(16(13)9-14)23-15-10-25(11-15)19(26)27-20(2,3)4/h5-9,15H,10-11H2,1-4H3,(H,21,23). The average Bonchev–Trinajstić information content (AvgIpc) is 3.02. The molecule has 8 nitrogen and oxygen atoms in total. The van der Waals surface area contributed by atoms with Crippen LogP contribution in [0.5, 0.6) is 0 Å². The number of likely N-dealkylation sites (tertiary alicyclic amines) is 1. The van der Waals surface area contributed by atoms with Gasteiger partial charge in [0.25, 0.3) is 0 Å². The molecule has 1 fully saturated rings. The van der Waals surface area contributed by atoms with Crippen molar-refractivity contribution < 1.29 is 14.1 Å². The van der Waals surface area contributed by atoms with Crippen molar-refractivity contribution in [1.29, 1.82) is 0 Å². The topological polar surface area (TPSA) is 93.4 Å². The zero-order valence-corrected chi connectivity index (χ0v) is 16.4. The first-order valence-electron chi connectivity index (χ1n) is 9.22. The van der Waals surface area contributed by atoms with Crippen LogP contribution in [0.3, 0.4) is 0 Å². The summed E-state index contributed by atoms with van der Waals surface area (Å²) in [4.78, 5) is 22.5. The summed E-state index contributed by atoms with van der Waals surface area (Å²) in [7, 11) is 0. The van der Waals surface area contributed by atoms with E-state index in [4.69, 9.17) is 9.26 Å². The van der Waals surface area contributed by atoms with Gasteiger partial charge < -0.3 is 19.5 Å². The molecule has 0 bridgehead atoms. The SMILES string of the molecule is Cc1nc(-c2ccc3ccnc(NC4CN(C(=O)OC(C)(C)C)C4)c3c2)no1. The van der Waals surface area contributed by atoms with Crippen molar-refractivity contribution in [3.05, 3.63) is 36.4 Å². The van der Waals surface area contributed by atoms with Gasteiger partial charge in [-0.15, -0.1) is 0 Å². The summed E-state index contributed by atoms with van der Waals surface area (Å²) in [6.45, 7) is 8.52. The fraction of sp³-hybridized carbons (Fsp3) is 0.400. The quantitative estimate of drug-likeness (QED) is 0.740. The smallest absolute Gasteiger partial charge is 0.410 e. The molecule has 0 saturated carbocycles. The van der Waals surface area contributed by atoms with E-state index in [1.807, 2.05) is 45.0 Å². The van der Waals surface area contributed by atoms with Crippen molar-refractivity contribution in [3.8, 4) is 11.4 Å². The molecule has 8 heteroatoms. The molecule has 0 unspecified atom stereocenters. The lowest BCUT2D eigenvalue weighted by Gasteiger charge is -2.40. The Hall–Kier alpha value is -3.16. The van der Waals surface area contributed by atoms with Crippen LogP contribution in [-0.4, -0.2) is 50.9 Å². The fourth-order valence-corrected chi connectivity index (χ4v) is 3.08. The number of benzene rings is 1. The third kappa shape index (κ3) is 3.76. The number of nitrogens with one attached hydrogen (secondary N) is 1. The van der Waals surface area contributed by atoms with Crippen molar-refractivity contribution in [2.75, 3.05) is 18.4 Å². The maximum absolute atomic E-state index is 12.1. The van der Waals surface area contributed by atoms with Crippen LogP contribution in [0.25, 0.3) is 22.2 Å². The highest BCUT2D eigenvalue weighted by Crippen LogP contribution is 2.28. The number of hydrogen-bond acceptors (Lipinski definition) is 7. The first kappa shape index (κ1) is 18.2. The zero-order valence-electron chi connectivity index (χ0n) is 16.4. The molecule has 3 aromatic rings. The van der Waals surface area contributed by atoms with Crippen molar-refractivity contribution in [1.82, 2.24) is 20.0 Å². The van der Waals surface area contributed by atoms with E-state index >= 15 is 0 Å². The van der Waals surface area contributed by atoms with Crippen LogP contribution in [0.4, 0.5) is 10.6 Å². The number of hydrogen-bond donors (Lipinski definition) is 1. The highest BCUT2D eigenvalue weighted by molar-refractivity contribution is 5.94. The number of carbonyl (C=O) groups is 1. The summed E-state index contributed by atoms with van der Waals surface area (Å²) in [5.41, 5.74) is 0.376. The minimum atomic E-state index is -0.489. The highest BCUT2D eigenvalue weighted by atomic mass is 16.6. The second kappa shape index (κ2) is 6.78. The van der Waals surface area contributed by atoms with Crippen molar-refractivity contribution in [2.45, 2.75) is 39.3 Å². The van der Waals surface area contributed by atoms with Gasteiger partial charge in [0.15, 0.2) is 0 Å². The molecular weight excluding hydrogens is 358 g/mol. The molecule has 1 N–H and O–H groups in total. The first-order valence-corrected chi connectivity index (χ1v) is 9.22. The molecule has 1 saturated heterocycles. The maximum atomic E-state index is 12.1. The number of aromatic nitrogens is 3. The lowest BCUT2D eigenvalue weighted by atomic mass is 10.1. The van der Waals surface area contributed by atoms with E-state index in [1.54, 1.807) is 18.0 Å². The van der Waals surface area contributed by atoms with Crippen LogP contribution in [0, 0.1) is 6.92 Å². The molecule has 2 aromatic heterocycles. The monoisotopic (exact) mass is 381 g/mol. The second-order valence-corrected chi connectivity index (χ2v) is 7.96. The van der Waals surface area contributed by atoms with Crippen LogP contribution in [-0.2, 0) is 4.74 Å². The number of anilines is 1. The molecule has 1 aliphatic heterocycles. The molecule has 1 aromatic carbocycles. The maximum Gasteiger partial charge on any atom is 0.410 e. The Bertz CT molecular complexity index is 1020. The Kier molecular flexibility index (Phi) is 4.41. The lowest BCUT2D eigenvalue weighted by molar-refractivity contribution is 0.0105. The number of nitrogens with zero attached hydrogens (tertiary/aromatic N) is 4. The molecule has 0 atom stereocenters. The van der Waals surface area contributed by atoms with Crippen molar-refractivity contribution in [2.24, 2.45) is 0 Å². The number of rotatable bonds is 3. The van der Waals surface area contributed by atoms with Crippen LogP contribution in [0.1, 0.15) is 26.7 Å². The molecule has 1 amide bonds. The summed E-state index contributed by atoms with van der Waals surface area (Å²) in [5, 5.41) is 9.44. The van der Waals surface area contributed by atoms with Gasteiger partial charge in [0, 0.05) is 37.2 Å². The van der Waals surface area contributed by atoms with E-state index in [-0.39, 0.29) is 12.1 Å². The van der Waals surface area contributed by atoms with Gasteiger partial charge >= 0.3 is 6.09 Å². The van der Waals surface area contributed by atoms with Crippen LogP contribution in [0.15, 0.2) is 35.0 Å². The molecule has 0 spiro atoms. The van der Waals surface area contributed by atoms with Gasteiger partial charge in [0.2, 0.25) is 11.7 Å². The minimum absolute atomic E-state index is 0.127. The molecule has 28 heavy (non-hydrogen) atoms. The number of aryl methyl sites for hydroxylation is 1. The lowest BCUT2D eigenvalue weighted by Crippen LogP contribution is -2.58. The molecule has 0 radical (unpaired) electrons. The number of carbonyl (C=O) groups excluding carboxylic acids is 1. The second-order valence-electron chi connectivity index (χ2n) is 7.96. The van der Waals surface area contributed by atoms with Gasteiger partial charge in [0.05, 0.1) is 6.04 Å². The third-order valence-electron chi connectivity index (χ3n) is 4.43. The molecule has 3 heterocycles. The largest absolute Gasteiger partial charge is 0.444 e. The summed E-state index contributed by atoms with van der Waals surface area (Å²) in [5.74, 6) is 1.85. The Balaban J connectivity index is 1.50. The summed E-state index contributed by atoms with van der Waals surface area (Å²) >= 11 is 0. The Morgan fingerprint density at radius 1 is 1.29 bits per heavy atom. The molecular formula is C20H23N5O3. The Labute approximate surface area is 162 Å². The van der Waals surface area contributed by atoms with Gasteiger partial charge in [0.1, 0.15) is 11.4 Å². The molecule has 146 valence electrons. The van der Waals surface area contributed by atoms with Crippen molar-refractivity contribution in [3.63, 3.8) is 0 Å². The molecule has 0 aliphatic carbocycles. The summed E-state index contributed by atoms with van der Waals surface area (Å²) in [6.07, 6.45) is 1.49. The predicted octanol–water partition coefficient (Wildman–Crippen LogP) is 3.62. The first-order chi connectivity index (χ1) is 13.3. The van der Waals surface area contributed by atoms with E-state index in [1.165, 1.54) is 0 Å². The molecule has 1 aliphatic rings. The van der Waals surface area contributed by atoms with Crippen LogP contribution in [0.2, 0.25) is 0 Å². The van der Waals surface area contributed by atoms with E-state index in [9.17, 15) is 4.79 Å². The fourth-order valence-electron chi connectivity index (χ4n) is 3.08. The number of amides is 1. The van der Waals surface area contributed by atoms with Crippen LogP contribution >= 0.6 is 0 Å². The van der Waals surface area contributed by atoms with Gasteiger partial charge in [-0.3, -0.25) is 0 Å². The number of fused-ring (bicyclic) bond motifs is 1. The molecule has 4 rings (SSSR count). The highest BCUT2D eigenvalue weighted by Gasteiger charge is 2.34. The van der Waals surface area contributed by atoms with E-state index < -0.39 is 5.60 Å². The minimum Gasteiger partial charge on any atom is -0.444 e. The van der Waals surface area contributed by atoms with E-state index in [2.05, 4.69) is 20.4 Å². The normalized spacial score (nSPS) is 14.8. The van der Waals surface area contributed by atoms with Crippen LogP contribution < -0.4 is 5.32 Å². The predicted molar refractivity (Wildman–Crippen MR) is 105 cm³/mol. The van der Waals surface area contributed by atoms with Gasteiger partial charge in [-0.1, -0.05) is 17.3 Å².